The van der Waals surface area contributed by atoms with Gasteiger partial charge in [-0.25, -0.2) is 13.1 Å². The molecule has 0 aliphatic carbocycles. The number of rotatable bonds is 6. The maximum atomic E-state index is 11.1. The molecule has 3 N–H and O–H groups in total. The molecule has 8 heteroatoms. The molecule has 25 heavy (non-hydrogen) atoms. The number of aryl methyl sites for hydroxylation is 1. The van der Waals surface area contributed by atoms with E-state index in [1.165, 1.54) is 11.3 Å². The number of hydrogen-bond donors (Lipinski definition) is 3. The van der Waals surface area contributed by atoms with E-state index in [0.29, 0.717) is 25.1 Å². The molecule has 1 heterocycles. The second-order valence-electron chi connectivity index (χ2n) is 6.43. The van der Waals surface area contributed by atoms with Gasteiger partial charge >= 0.3 is 0 Å². The summed E-state index contributed by atoms with van der Waals surface area (Å²) in [6.45, 7) is 4.90. The van der Waals surface area contributed by atoms with Crippen LogP contribution in [-0.4, -0.2) is 59.9 Å². The van der Waals surface area contributed by atoms with Gasteiger partial charge in [-0.05, 0) is 31.9 Å². The Morgan fingerprint density at radius 1 is 1.28 bits per heavy atom. The highest BCUT2D eigenvalue weighted by Gasteiger charge is 2.20. The van der Waals surface area contributed by atoms with Crippen molar-refractivity contribution in [3.8, 4) is 0 Å². The van der Waals surface area contributed by atoms with Crippen LogP contribution in [0.25, 0.3) is 0 Å². The van der Waals surface area contributed by atoms with E-state index in [9.17, 15) is 8.42 Å². The number of sulfonamides is 1. The summed E-state index contributed by atoms with van der Waals surface area (Å²) in [5.41, 5.74) is 2.51. The monoisotopic (exact) mass is 367 g/mol. The Hall–Kier alpha value is -1.80. The average molecular weight is 368 g/mol. The molecule has 1 aliphatic heterocycles. The van der Waals surface area contributed by atoms with Crippen LogP contribution < -0.4 is 20.3 Å². The van der Waals surface area contributed by atoms with Crippen molar-refractivity contribution in [3.05, 3.63) is 29.8 Å². The Kier molecular flexibility index (Phi) is 7.07. The van der Waals surface area contributed by atoms with Gasteiger partial charge in [-0.2, -0.15) is 0 Å². The molecule has 0 radical (unpaired) electrons. The first-order valence-corrected chi connectivity index (χ1v) is 10.5. The van der Waals surface area contributed by atoms with Gasteiger partial charge in [-0.3, -0.25) is 4.99 Å². The molecule has 2 rings (SSSR count). The second kappa shape index (κ2) is 9.05. The van der Waals surface area contributed by atoms with Crippen molar-refractivity contribution < 1.29 is 8.42 Å². The molecule has 140 valence electrons. The summed E-state index contributed by atoms with van der Waals surface area (Å²) < 4.78 is 24.6. The predicted octanol–water partition coefficient (Wildman–Crippen LogP) is 0.678. The zero-order valence-electron chi connectivity index (χ0n) is 15.2. The van der Waals surface area contributed by atoms with Gasteiger partial charge in [0.25, 0.3) is 0 Å². The smallest absolute Gasteiger partial charge is 0.208 e. The van der Waals surface area contributed by atoms with Gasteiger partial charge in [0.2, 0.25) is 10.0 Å². The van der Waals surface area contributed by atoms with E-state index < -0.39 is 10.0 Å². The Morgan fingerprint density at radius 2 is 2.00 bits per heavy atom. The van der Waals surface area contributed by atoms with Gasteiger partial charge < -0.3 is 15.5 Å². The normalized spacial score (nSPS) is 18.9. The molecule has 1 aliphatic rings. The van der Waals surface area contributed by atoms with E-state index in [-0.39, 0.29) is 0 Å². The summed E-state index contributed by atoms with van der Waals surface area (Å²) in [6, 6.07) is 8.93. The quantitative estimate of drug-likeness (QED) is 0.391. The molecule has 1 aromatic carbocycles. The van der Waals surface area contributed by atoms with Crippen molar-refractivity contribution in [2.75, 3.05) is 44.4 Å². The maximum absolute atomic E-state index is 11.1. The van der Waals surface area contributed by atoms with Crippen molar-refractivity contribution in [1.29, 1.82) is 0 Å². The van der Waals surface area contributed by atoms with Crippen molar-refractivity contribution >= 4 is 21.7 Å². The molecule has 1 aromatic rings. The van der Waals surface area contributed by atoms with Crippen LogP contribution in [0.15, 0.2) is 29.3 Å². The highest BCUT2D eigenvalue weighted by Crippen LogP contribution is 2.20. The summed E-state index contributed by atoms with van der Waals surface area (Å²) in [5.74, 6) is 0.700. The molecular weight excluding hydrogens is 338 g/mol. The number of benzene rings is 1. The van der Waals surface area contributed by atoms with Crippen LogP contribution in [0.4, 0.5) is 5.69 Å². The zero-order valence-corrected chi connectivity index (χ0v) is 16.1. The minimum atomic E-state index is -3.15. The number of nitrogens with zero attached hydrogens (tertiary/aromatic N) is 2. The van der Waals surface area contributed by atoms with E-state index in [4.69, 9.17) is 0 Å². The van der Waals surface area contributed by atoms with E-state index >= 15 is 0 Å². The first-order chi connectivity index (χ1) is 11.9. The van der Waals surface area contributed by atoms with Crippen molar-refractivity contribution in [2.45, 2.75) is 25.8 Å². The average Bonchev–Trinajstić information content (AvgIpc) is 2.57. The molecule has 0 aromatic heterocycles. The fourth-order valence-electron chi connectivity index (χ4n) is 2.89. The lowest BCUT2D eigenvalue weighted by molar-refractivity contribution is 0.468. The number of nitrogens with one attached hydrogen (secondary N) is 3. The molecule has 0 bridgehead atoms. The van der Waals surface area contributed by atoms with E-state index in [1.807, 2.05) is 0 Å². The molecule has 7 nitrogen and oxygen atoms in total. The van der Waals surface area contributed by atoms with E-state index in [2.05, 4.69) is 56.4 Å². The van der Waals surface area contributed by atoms with Crippen molar-refractivity contribution in [3.63, 3.8) is 0 Å². The van der Waals surface area contributed by atoms with Gasteiger partial charge in [-0.1, -0.05) is 17.7 Å². The number of guanidine groups is 1. The van der Waals surface area contributed by atoms with Crippen LogP contribution >= 0.6 is 0 Å². The lowest BCUT2D eigenvalue weighted by Gasteiger charge is -2.35. The number of hydrogen-bond acceptors (Lipinski definition) is 4. The maximum Gasteiger partial charge on any atom is 0.208 e. The lowest BCUT2D eigenvalue weighted by atomic mass is 10.0. The molecular formula is C17H29N5O2S. The Balaban J connectivity index is 1.82. The minimum absolute atomic E-state index is 0.309. The zero-order chi connectivity index (χ0) is 18.3. The van der Waals surface area contributed by atoms with Crippen LogP contribution in [0.2, 0.25) is 0 Å². The summed E-state index contributed by atoms with van der Waals surface area (Å²) in [4.78, 5) is 6.61. The van der Waals surface area contributed by atoms with Gasteiger partial charge in [0.15, 0.2) is 5.96 Å². The summed E-state index contributed by atoms with van der Waals surface area (Å²) in [6.07, 6.45) is 3.37. The first-order valence-electron chi connectivity index (χ1n) is 8.61. The molecule has 1 fully saturated rings. The van der Waals surface area contributed by atoms with Crippen LogP contribution in [-0.2, 0) is 10.0 Å². The summed E-state index contributed by atoms with van der Waals surface area (Å²) >= 11 is 0. The Morgan fingerprint density at radius 3 is 2.64 bits per heavy atom. The van der Waals surface area contributed by atoms with Crippen molar-refractivity contribution in [2.24, 2.45) is 4.99 Å². The molecule has 0 saturated carbocycles. The number of piperidine rings is 1. The van der Waals surface area contributed by atoms with Gasteiger partial charge in [0, 0.05) is 45.0 Å². The third-order valence-electron chi connectivity index (χ3n) is 4.17. The Labute approximate surface area is 151 Å². The fraction of sp³-hybridized carbons (Fsp3) is 0.588. The van der Waals surface area contributed by atoms with Gasteiger partial charge in [0.1, 0.15) is 0 Å². The topological polar surface area (TPSA) is 85.8 Å². The summed E-state index contributed by atoms with van der Waals surface area (Å²) in [7, 11) is -1.43. The van der Waals surface area contributed by atoms with Crippen LogP contribution in [0.1, 0.15) is 18.4 Å². The molecule has 1 unspecified atom stereocenters. The fourth-order valence-corrected chi connectivity index (χ4v) is 3.36. The largest absolute Gasteiger partial charge is 0.369 e. The SMILES string of the molecule is CN=C(NCCNS(C)(=O)=O)NC1CCCN(c2ccc(C)cc2)C1. The van der Waals surface area contributed by atoms with Gasteiger partial charge in [0.05, 0.1) is 6.26 Å². The third-order valence-corrected chi connectivity index (χ3v) is 4.90. The third kappa shape index (κ3) is 6.91. The molecule has 1 atom stereocenters. The minimum Gasteiger partial charge on any atom is -0.369 e. The number of aliphatic imine (C=N–C) groups is 1. The number of anilines is 1. The molecule has 0 spiro atoms. The van der Waals surface area contributed by atoms with Gasteiger partial charge in [-0.15, -0.1) is 0 Å². The highest BCUT2D eigenvalue weighted by molar-refractivity contribution is 7.88. The van der Waals surface area contributed by atoms with E-state index in [1.54, 1.807) is 7.05 Å². The lowest BCUT2D eigenvalue weighted by Crippen LogP contribution is -2.52. The highest BCUT2D eigenvalue weighted by atomic mass is 32.2. The second-order valence-corrected chi connectivity index (χ2v) is 8.26. The van der Waals surface area contributed by atoms with Crippen LogP contribution in [0, 0.1) is 6.92 Å². The standard InChI is InChI=1S/C17H29N5O2S/c1-14-6-8-16(9-7-14)22-12-4-5-15(13-22)21-17(18-2)19-10-11-20-25(3,23)24/h6-9,15,20H,4-5,10-13H2,1-3H3,(H2,18,19,21). The van der Waals surface area contributed by atoms with Crippen LogP contribution in [0.3, 0.4) is 0 Å². The molecule has 1 saturated heterocycles. The predicted molar refractivity (Wildman–Crippen MR) is 104 cm³/mol. The Bertz CT molecular complexity index is 673. The first kappa shape index (κ1) is 19.5. The summed E-state index contributed by atoms with van der Waals surface area (Å²) in [5, 5.41) is 6.58. The van der Waals surface area contributed by atoms with Crippen LogP contribution in [0.5, 0.6) is 0 Å². The van der Waals surface area contributed by atoms with E-state index in [0.717, 1.165) is 32.2 Å². The molecule has 0 amide bonds. The van der Waals surface area contributed by atoms with Crippen molar-refractivity contribution in [1.82, 2.24) is 15.4 Å².